The van der Waals surface area contributed by atoms with Crippen molar-refractivity contribution in [3.63, 3.8) is 0 Å². The van der Waals surface area contributed by atoms with Gasteiger partial charge in [-0.25, -0.2) is 4.79 Å². The van der Waals surface area contributed by atoms with Gasteiger partial charge in [0.1, 0.15) is 0 Å². The molecular formula is C11H9ClN4O2. The van der Waals surface area contributed by atoms with Gasteiger partial charge in [0.2, 0.25) is 0 Å². The first-order valence-corrected chi connectivity index (χ1v) is 5.86. The minimum absolute atomic E-state index is 0.0476. The maximum absolute atomic E-state index is 11.0. The smallest absolute Gasteiger partial charge is 0.337 e. The SMILES string of the molecule is O=C(O)c1cc(-n2nnnc2C2CC2)ccc1Cl. The van der Waals surface area contributed by atoms with Gasteiger partial charge >= 0.3 is 5.97 Å². The number of benzene rings is 1. The number of carboxylic acid groups (broad SMARTS) is 1. The van der Waals surface area contributed by atoms with Crippen LogP contribution >= 0.6 is 11.6 Å². The molecule has 0 saturated heterocycles. The molecule has 7 heteroatoms. The van der Waals surface area contributed by atoms with Crippen LogP contribution in [0, 0.1) is 0 Å². The standard InChI is InChI=1S/C11H9ClN4O2/c12-9-4-3-7(5-8(9)11(17)18)16-10(6-1-2-6)13-14-15-16/h3-6H,1-2H2,(H,17,18). The Hall–Kier alpha value is -1.95. The van der Waals surface area contributed by atoms with Crippen molar-refractivity contribution in [3.05, 3.63) is 34.6 Å². The predicted octanol–water partition coefficient (Wildman–Crippen LogP) is 1.89. The highest BCUT2D eigenvalue weighted by Crippen LogP contribution is 2.39. The molecule has 1 aromatic heterocycles. The molecule has 1 aromatic carbocycles. The van der Waals surface area contributed by atoms with Gasteiger partial charge in [-0.15, -0.1) is 5.10 Å². The molecule has 0 spiro atoms. The van der Waals surface area contributed by atoms with Crippen molar-refractivity contribution in [3.8, 4) is 5.69 Å². The van der Waals surface area contributed by atoms with Crippen molar-refractivity contribution < 1.29 is 9.90 Å². The Labute approximate surface area is 107 Å². The van der Waals surface area contributed by atoms with E-state index in [1.54, 1.807) is 16.8 Å². The van der Waals surface area contributed by atoms with Gasteiger partial charge in [-0.05, 0) is 41.5 Å². The molecule has 0 radical (unpaired) electrons. The Morgan fingerprint density at radius 1 is 1.44 bits per heavy atom. The van der Waals surface area contributed by atoms with E-state index in [-0.39, 0.29) is 10.6 Å². The molecule has 6 nitrogen and oxygen atoms in total. The van der Waals surface area contributed by atoms with Gasteiger partial charge in [0.15, 0.2) is 5.82 Å². The van der Waals surface area contributed by atoms with Gasteiger partial charge in [0.25, 0.3) is 0 Å². The number of rotatable bonds is 3. The molecule has 1 N–H and O–H groups in total. The molecule has 1 fully saturated rings. The van der Waals surface area contributed by atoms with Crippen LogP contribution in [0.2, 0.25) is 5.02 Å². The van der Waals surface area contributed by atoms with Crippen molar-refractivity contribution in [1.82, 2.24) is 20.2 Å². The highest BCUT2D eigenvalue weighted by atomic mass is 35.5. The van der Waals surface area contributed by atoms with E-state index in [4.69, 9.17) is 16.7 Å². The fourth-order valence-electron chi connectivity index (χ4n) is 1.78. The van der Waals surface area contributed by atoms with Gasteiger partial charge in [0.05, 0.1) is 16.3 Å². The maximum atomic E-state index is 11.0. The number of aromatic nitrogens is 4. The Morgan fingerprint density at radius 2 is 2.22 bits per heavy atom. The molecule has 3 rings (SSSR count). The summed E-state index contributed by atoms with van der Waals surface area (Å²) in [6, 6.07) is 4.72. The highest BCUT2D eigenvalue weighted by Gasteiger charge is 2.30. The molecule has 1 saturated carbocycles. The lowest BCUT2D eigenvalue weighted by Crippen LogP contribution is -2.05. The molecule has 2 aromatic rings. The molecule has 92 valence electrons. The third kappa shape index (κ3) is 1.84. The Kier molecular flexibility index (Phi) is 2.52. The van der Waals surface area contributed by atoms with Crippen LogP contribution in [-0.4, -0.2) is 31.3 Å². The van der Waals surface area contributed by atoms with E-state index in [0.717, 1.165) is 18.7 Å². The number of aromatic carboxylic acids is 1. The van der Waals surface area contributed by atoms with Crippen LogP contribution in [0.25, 0.3) is 5.69 Å². The van der Waals surface area contributed by atoms with E-state index in [2.05, 4.69) is 15.5 Å². The zero-order valence-corrected chi connectivity index (χ0v) is 10.0. The Balaban J connectivity index is 2.08. The van der Waals surface area contributed by atoms with E-state index in [1.165, 1.54) is 6.07 Å². The fourth-order valence-corrected chi connectivity index (χ4v) is 1.98. The number of nitrogens with zero attached hydrogens (tertiary/aromatic N) is 4. The van der Waals surface area contributed by atoms with Crippen molar-refractivity contribution in [2.45, 2.75) is 18.8 Å². The zero-order chi connectivity index (χ0) is 12.7. The van der Waals surface area contributed by atoms with Crippen LogP contribution in [0.3, 0.4) is 0 Å². The summed E-state index contributed by atoms with van der Waals surface area (Å²) in [5.41, 5.74) is 0.662. The van der Waals surface area contributed by atoms with Crippen molar-refractivity contribution in [1.29, 1.82) is 0 Å². The summed E-state index contributed by atoms with van der Waals surface area (Å²) < 4.78 is 1.57. The van der Waals surface area contributed by atoms with Gasteiger partial charge in [-0.3, -0.25) is 0 Å². The largest absolute Gasteiger partial charge is 0.478 e. The quantitative estimate of drug-likeness (QED) is 0.916. The first-order valence-electron chi connectivity index (χ1n) is 5.48. The van der Waals surface area contributed by atoms with Gasteiger partial charge in [-0.1, -0.05) is 11.6 Å². The Morgan fingerprint density at radius 3 is 2.89 bits per heavy atom. The van der Waals surface area contributed by atoms with Crippen molar-refractivity contribution >= 4 is 17.6 Å². The second kappa shape index (κ2) is 4.06. The molecule has 0 bridgehead atoms. The van der Waals surface area contributed by atoms with Crippen molar-refractivity contribution in [2.75, 3.05) is 0 Å². The van der Waals surface area contributed by atoms with E-state index in [0.29, 0.717) is 11.6 Å². The van der Waals surface area contributed by atoms with Crippen LogP contribution in [-0.2, 0) is 0 Å². The van der Waals surface area contributed by atoms with E-state index >= 15 is 0 Å². The summed E-state index contributed by atoms with van der Waals surface area (Å²) in [5.74, 6) is 0.0838. The first-order chi connectivity index (χ1) is 8.66. The normalized spacial score (nSPS) is 14.7. The van der Waals surface area contributed by atoms with Gasteiger partial charge < -0.3 is 5.11 Å². The molecule has 0 unspecified atom stereocenters. The summed E-state index contributed by atoms with van der Waals surface area (Å²) in [6.45, 7) is 0. The van der Waals surface area contributed by atoms with Crippen molar-refractivity contribution in [2.24, 2.45) is 0 Å². The van der Waals surface area contributed by atoms with Crippen LogP contribution in [0.15, 0.2) is 18.2 Å². The number of carboxylic acids is 1. The average molecular weight is 265 g/mol. The lowest BCUT2D eigenvalue weighted by molar-refractivity contribution is 0.0697. The monoisotopic (exact) mass is 264 g/mol. The van der Waals surface area contributed by atoms with E-state index in [9.17, 15) is 4.79 Å². The van der Waals surface area contributed by atoms with Gasteiger partial charge in [0, 0.05) is 5.92 Å². The second-order valence-corrected chi connectivity index (χ2v) is 4.60. The molecule has 0 aliphatic heterocycles. The minimum atomic E-state index is -1.07. The Bertz CT molecular complexity index is 621. The number of hydrogen-bond acceptors (Lipinski definition) is 4. The number of hydrogen-bond donors (Lipinski definition) is 1. The fraction of sp³-hybridized carbons (Fsp3) is 0.273. The third-order valence-electron chi connectivity index (χ3n) is 2.86. The third-order valence-corrected chi connectivity index (χ3v) is 3.19. The van der Waals surface area contributed by atoms with Gasteiger partial charge in [-0.2, -0.15) is 4.68 Å². The van der Waals surface area contributed by atoms with E-state index in [1.807, 2.05) is 0 Å². The van der Waals surface area contributed by atoms with Crippen LogP contribution in [0.5, 0.6) is 0 Å². The summed E-state index contributed by atoms with van der Waals surface area (Å²) in [6.07, 6.45) is 2.14. The highest BCUT2D eigenvalue weighted by molar-refractivity contribution is 6.33. The topological polar surface area (TPSA) is 80.9 Å². The molecule has 0 amide bonds. The molecule has 1 aliphatic carbocycles. The van der Waals surface area contributed by atoms with Crippen LogP contribution in [0.4, 0.5) is 0 Å². The molecule has 0 atom stereocenters. The second-order valence-electron chi connectivity index (χ2n) is 4.19. The van der Waals surface area contributed by atoms with Crippen LogP contribution in [0.1, 0.15) is 34.9 Å². The molecule has 1 aliphatic rings. The maximum Gasteiger partial charge on any atom is 0.337 e. The summed E-state index contributed by atoms with van der Waals surface area (Å²) in [7, 11) is 0. The summed E-state index contributed by atoms with van der Waals surface area (Å²) in [5, 5.41) is 20.7. The molecule has 1 heterocycles. The lowest BCUT2D eigenvalue weighted by atomic mass is 10.2. The number of carbonyl (C=O) groups is 1. The first kappa shape index (κ1) is 11.2. The number of halogens is 1. The van der Waals surface area contributed by atoms with E-state index < -0.39 is 5.97 Å². The van der Waals surface area contributed by atoms with Crippen LogP contribution < -0.4 is 0 Å². The summed E-state index contributed by atoms with van der Waals surface area (Å²) in [4.78, 5) is 11.0. The average Bonchev–Trinajstić information content (AvgIpc) is 3.08. The molecular weight excluding hydrogens is 256 g/mol. The zero-order valence-electron chi connectivity index (χ0n) is 9.25. The molecule has 18 heavy (non-hydrogen) atoms. The minimum Gasteiger partial charge on any atom is -0.478 e. The lowest BCUT2D eigenvalue weighted by Gasteiger charge is -2.05. The number of tetrazole rings is 1. The summed E-state index contributed by atoms with van der Waals surface area (Å²) >= 11 is 5.83. The predicted molar refractivity (Wildman–Crippen MR) is 63.1 cm³/mol.